The van der Waals surface area contributed by atoms with Gasteiger partial charge in [0.1, 0.15) is 0 Å². The molecule has 5 nitrogen and oxygen atoms in total. The molecule has 26 heavy (non-hydrogen) atoms. The number of thioether (sulfide) groups is 1. The molecule has 0 aromatic heterocycles. The second-order valence-corrected chi connectivity index (χ2v) is 8.97. The van der Waals surface area contributed by atoms with E-state index >= 15 is 0 Å². The largest absolute Gasteiger partial charge is 0.340 e. The molecule has 6 heteroatoms. The topological polar surface area (TPSA) is 43.9 Å². The van der Waals surface area contributed by atoms with Gasteiger partial charge < -0.3 is 9.80 Å². The van der Waals surface area contributed by atoms with E-state index in [1.54, 1.807) is 0 Å². The Balaban J connectivity index is 1.61. The van der Waals surface area contributed by atoms with E-state index in [4.69, 9.17) is 0 Å². The van der Waals surface area contributed by atoms with Crippen LogP contribution in [-0.2, 0) is 9.59 Å². The minimum absolute atomic E-state index is 0.0382. The number of anilines is 1. The summed E-state index contributed by atoms with van der Waals surface area (Å²) in [6.07, 6.45) is 1.00. The van der Waals surface area contributed by atoms with Crippen molar-refractivity contribution in [3.8, 4) is 0 Å². The standard InChI is InChI=1S/C20H29N3O2S/c1-15(2)20(25)22-12-10-21(11-13-22)14-19(24)23-9-8-16(3)26-18-7-5-4-6-17(18)23/h4-7,15-16H,8-14H2,1-3H3. The summed E-state index contributed by atoms with van der Waals surface area (Å²) in [4.78, 5) is 32.4. The highest BCUT2D eigenvalue weighted by molar-refractivity contribution is 8.00. The SMILES string of the molecule is CC1CCN(C(=O)CN2CCN(C(=O)C(C)C)CC2)c2ccccc2S1. The van der Waals surface area contributed by atoms with Gasteiger partial charge in [-0.05, 0) is 18.6 Å². The van der Waals surface area contributed by atoms with Crippen molar-refractivity contribution < 1.29 is 9.59 Å². The molecular weight excluding hydrogens is 346 g/mol. The summed E-state index contributed by atoms with van der Waals surface area (Å²) in [6, 6.07) is 8.21. The maximum absolute atomic E-state index is 13.0. The summed E-state index contributed by atoms with van der Waals surface area (Å²) >= 11 is 1.85. The van der Waals surface area contributed by atoms with Gasteiger partial charge in [-0.1, -0.05) is 32.9 Å². The first-order chi connectivity index (χ1) is 12.5. The Morgan fingerprint density at radius 1 is 1.12 bits per heavy atom. The van der Waals surface area contributed by atoms with E-state index in [1.165, 1.54) is 4.90 Å². The third-order valence-corrected chi connectivity index (χ3v) is 6.32. The average Bonchev–Trinajstić information content (AvgIpc) is 2.79. The van der Waals surface area contributed by atoms with Crippen LogP contribution in [0.15, 0.2) is 29.2 Å². The van der Waals surface area contributed by atoms with Crippen LogP contribution in [0.25, 0.3) is 0 Å². The Morgan fingerprint density at radius 3 is 2.50 bits per heavy atom. The van der Waals surface area contributed by atoms with Crippen LogP contribution in [0, 0.1) is 5.92 Å². The minimum atomic E-state index is 0.0382. The molecule has 1 aromatic rings. The molecule has 2 aliphatic heterocycles. The Hall–Kier alpha value is -1.53. The van der Waals surface area contributed by atoms with Crippen molar-refractivity contribution in [2.24, 2.45) is 5.92 Å². The zero-order chi connectivity index (χ0) is 18.7. The lowest BCUT2D eigenvalue weighted by atomic mass is 10.1. The van der Waals surface area contributed by atoms with E-state index < -0.39 is 0 Å². The van der Waals surface area contributed by atoms with Crippen LogP contribution >= 0.6 is 11.8 Å². The molecule has 142 valence electrons. The number of hydrogen-bond acceptors (Lipinski definition) is 4. The third-order valence-electron chi connectivity index (χ3n) is 5.08. The fourth-order valence-electron chi connectivity index (χ4n) is 3.51. The molecule has 1 atom stereocenters. The highest BCUT2D eigenvalue weighted by Crippen LogP contribution is 2.37. The summed E-state index contributed by atoms with van der Waals surface area (Å²) in [6.45, 7) is 10.3. The van der Waals surface area contributed by atoms with E-state index in [0.29, 0.717) is 24.9 Å². The van der Waals surface area contributed by atoms with Crippen LogP contribution in [0.5, 0.6) is 0 Å². The van der Waals surface area contributed by atoms with Gasteiger partial charge in [0, 0.05) is 48.8 Å². The van der Waals surface area contributed by atoms with Crippen LogP contribution in [0.1, 0.15) is 27.2 Å². The van der Waals surface area contributed by atoms with E-state index in [9.17, 15) is 9.59 Å². The highest BCUT2D eigenvalue weighted by atomic mass is 32.2. The molecule has 1 saturated heterocycles. The maximum atomic E-state index is 13.0. The van der Waals surface area contributed by atoms with Gasteiger partial charge >= 0.3 is 0 Å². The zero-order valence-electron chi connectivity index (χ0n) is 16.0. The molecule has 1 unspecified atom stereocenters. The highest BCUT2D eigenvalue weighted by Gasteiger charge is 2.28. The predicted molar refractivity (Wildman–Crippen MR) is 107 cm³/mol. The van der Waals surface area contributed by atoms with Crippen LogP contribution in [0.4, 0.5) is 5.69 Å². The lowest BCUT2D eigenvalue weighted by Gasteiger charge is -2.36. The molecule has 0 radical (unpaired) electrons. The maximum Gasteiger partial charge on any atom is 0.241 e. The number of hydrogen-bond donors (Lipinski definition) is 0. The van der Waals surface area contributed by atoms with Crippen molar-refractivity contribution in [1.82, 2.24) is 9.80 Å². The van der Waals surface area contributed by atoms with Crippen LogP contribution in [0.3, 0.4) is 0 Å². The quantitative estimate of drug-likeness (QED) is 0.815. The van der Waals surface area contributed by atoms with E-state index in [2.05, 4.69) is 24.0 Å². The molecule has 1 fully saturated rings. The van der Waals surface area contributed by atoms with Gasteiger partial charge in [-0.2, -0.15) is 0 Å². The first kappa shape index (κ1) is 19.2. The van der Waals surface area contributed by atoms with Crippen molar-refractivity contribution in [2.45, 2.75) is 37.3 Å². The van der Waals surface area contributed by atoms with Crippen LogP contribution in [0.2, 0.25) is 0 Å². The number of fused-ring (bicyclic) bond motifs is 1. The monoisotopic (exact) mass is 375 g/mol. The number of amides is 2. The fourth-order valence-corrected chi connectivity index (χ4v) is 4.63. The molecule has 0 spiro atoms. The summed E-state index contributed by atoms with van der Waals surface area (Å²) in [5, 5.41) is 0.513. The molecule has 0 N–H and O–H groups in total. The smallest absolute Gasteiger partial charge is 0.241 e. The number of carbonyl (C=O) groups is 2. The van der Waals surface area contributed by atoms with E-state index in [0.717, 1.165) is 31.7 Å². The van der Waals surface area contributed by atoms with Crippen molar-refractivity contribution in [3.05, 3.63) is 24.3 Å². The van der Waals surface area contributed by atoms with Crippen molar-refractivity contribution in [1.29, 1.82) is 0 Å². The normalized spacial score (nSPS) is 21.5. The second-order valence-electron chi connectivity index (χ2n) is 7.49. The van der Waals surface area contributed by atoms with E-state index in [-0.39, 0.29) is 17.7 Å². The molecule has 3 rings (SSSR count). The second kappa shape index (κ2) is 8.44. The van der Waals surface area contributed by atoms with Gasteiger partial charge in [-0.15, -0.1) is 11.8 Å². The first-order valence-electron chi connectivity index (χ1n) is 9.53. The number of rotatable bonds is 3. The number of carbonyl (C=O) groups excluding carboxylic acids is 2. The van der Waals surface area contributed by atoms with Gasteiger partial charge in [0.15, 0.2) is 0 Å². The molecule has 0 aliphatic carbocycles. The molecule has 2 heterocycles. The van der Waals surface area contributed by atoms with Gasteiger partial charge in [0.25, 0.3) is 0 Å². The predicted octanol–water partition coefficient (Wildman–Crippen LogP) is 2.70. The Kier molecular flexibility index (Phi) is 6.24. The van der Waals surface area contributed by atoms with Gasteiger partial charge in [-0.25, -0.2) is 0 Å². The van der Waals surface area contributed by atoms with Crippen molar-refractivity contribution in [3.63, 3.8) is 0 Å². The summed E-state index contributed by atoms with van der Waals surface area (Å²) < 4.78 is 0. The Bertz CT molecular complexity index is 656. The fraction of sp³-hybridized carbons (Fsp3) is 0.600. The molecule has 2 aliphatic rings. The summed E-state index contributed by atoms with van der Waals surface area (Å²) in [5.74, 6) is 0.412. The minimum Gasteiger partial charge on any atom is -0.340 e. The molecule has 0 bridgehead atoms. The summed E-state index contributed by atoms with van der Waals surface area (Å²) in [7, 11) is 0. The van der Waals surface area contributed by atoms with E-state index in [1.807, 2.05) is 47.5 Å². The number of piperazine rings is 1. The van der Waals surface area contributed by atoms with Crippen molar-refractivity contribution >= 4 is 29.3 Å². The molecule has 0 saturated carbocycles. The zero-order valence-corrected chi connectivity index (χ0v) is 16.8. The Labute approximate surface area is 160 Å². The average molecular weight is 376 g/mol. The summed E-state index contributed by atoms with van der Waals surface area (Å²) in [5.41, 5.74) is 1.04. The van der Waals surface area contributed by atoms with Crippen LogP contribution < -0.4 is 4.90 Å². The Morgan fingerprint density at radius 2 is 1.81 bits per heavy atom. The van der Waals surface area contributed by atoms with Gasteiger partial charge in [-0.3, -0.25) is 14.5 Å². The molecule has 2 amide bonds. The number of nitrogens with zero attached hydrogens (tertiary/aromatic N) is 3. The third kappa shape index (κ3) is 4.41. The number of para-hydroxylation sites is 1. The first-order valence-corrected chi connectivity index (χ1v) is 10.4. The molecular formula is C20H29N3O2S. The van der Waals surface area contributed by atoms with Crippen molar-refractivity contribution in [2.75, 3.05) is 44.2 Å². The van der Waals surface area contributed by atoms with Crippen LogP contribution in [-0.4, -0.2) is 66.1 Å². The lowest BCUT2D eigenvalue weighted by molar-refractivity contribution is -0.136. The lowest BCUT2D eigenvalue weighted by Crippen LogP contribution is -2.52. The van der Waals surface area contributed by atoms with Gasteiger partial charge in [0.05, 0.1) is 12.2 Å². The van der Waals surface area contributed by atoms with Gasteiger partial charge in [0.2, 0.25) is 11.8 Å². The molecule has 1 aromatic carbocycles. The number of benzene rings is 1.